The number of rotatable bonds is 4. The molecule has 0 amide bonds. The first-order valence-electron chi connectivity index (χ1n) is 8.22. The van der Waals surface area contributed by atoms with Crippen LogP contribution in [0.4, 0.5) is 0 Å². The Morgan fingerprint density at radius 3 is 2.80 bits per heavy atom. The zero-order valence-electron chi connectivity index (χ0n) is 12.6. The summed E-state index contributed by atoms with van der Waals surface area (Å²) < 4.78 is 1.81. The van der Waals surface area contributed by atoms with E-state index in [0.717, 1.165) is 24.7 Å². The molecule has 3 atom stereocenters. The Hall–Kier alpha value is -1.12. The summed E-state index contributed by atoms with van der Waals surface area (Å²) in [6.07, 6.45) is 14.7. The van der Waals surface area contributed by atoms with Crippen LogP contribution >= 0.6 is 0 Å². The Morgan fingerprint density at radius 1 is 1.25 bits per heavy atom. The number of ketones is 1. The van der Waals surface area contributed by atoms with E-state index in [-0.39, 0.29) is 0 Å². The number of Topliss-reactive ketones (excluding diaryl/α,β-unsaturated/α-hetero) is 1. The molecule has 20 heavy (non-hydrogen) atoms. The average molecular weight is 274 g/mol. The Balaban J connectivity index is 1.50. The normalized spacial score (nSPS) is 29.9. The predicted octanol–water partition coefficient (Wildman–Crippen LogP) is 3.53. The Labute approximate surface area is 121 Å². The van der Waals surface area contributed by atoms with Crippen molar-refractivity contribution in [3.05, 3.63) is 18.0 Å². The number of hydrogen-bond acceptors (Lipinski definition) is 2. The summed E-state index contributed by atoms with van der Waals surface area (Å²) in [6.45, 7) is 0. The molecule has 1 aromatic rings. The molecule has 3 heteroatoms. The topological polar surface area (TPSA) is 34.9 Å². The molecule has 1 heterocycles. The van der Waals surface area contributed by atoms with Gasteiger partial charge < -0.3 is 0 Å². The van der Waals surface area contributed by atoms with Gasteiger partial charge in [-0.2, -0.15) is 5.10 Å². The van der Waals surface area contributed by atoms with Crippen LogP contribution in [0.5, 0.6) is 0 Å². The second kappa shape index (κ2) is 6.11. The number of nitrogens with zero attached hydrogens (tertiary/aromatic N) is 2. The van der Waals surface area contributed by atoms with Crippen LogP contribution in [-0.2, 0) is 18.3 Å². The summed E-state index contributed by atoms with van der Waals surface area (Å²) in [5.74, 6) is 2.64. The summed E-state index contributed by atoms with van der Waals surface area (Å²) in [4.78, 5) is 12.4. The van der Waals surface area contributed by atoms with Crippen molar-refractivity contribution in [1.29, 1.82) is 0 Å². The van der Waals surface area contributed by atoms with Crippen molar-refractivity contribution >= 4 is 5.78 Å². The van der Waals surface area contributed by atoms with Gasteiger partial charge in [0.15, 0.2) is 0 Å². The third-order valence-electron chi connectivity index (χ3n) is 5.41. The minimum absolute atomic E-state index is 0.353. The highest BCUT2D eigenvalue weighted by molar-refractivity contribution is 5.81. The van der Waals surface area contributed by atoms with Gasteiger partial charge in [-0.05, 0) is 43.1 Å². The van der Waals surface area contributed by atoms with Crippen molar-refractivity contribution in [1.82, 2.24) is 9.78 Å². The summed E-state index contributed by atoms with van der Waals surface area (Å²) in [6, 6.07) is 0. The molecule has 2 aliphatic rings. The quantitative estimate of drug-likeness (QED) is 0.842. The molecule has 0 radical (unpaired) electrons. The maximum atomic E-state index is 12.4. The molecule has 0 aliphatic heterocycles. The molecule has 110 valence electrons. The van der Waals surface area contributed by atoms with Crippen LogP contribution in [0.1, 0.15) is 56.9 Å². The lowest BCUT2D eigenvalue weighted by Gasteiger charge is -2.38. The van der Waals surface area contributed by atoms with Crippen LogP contribution in [0.25, 0.3) is 0 Å². The third kappa shape index (κ3) is 3.13. The molecule has 3 rings (SSSR count). The zero-order chi connectivity index (χ0) is 13.9. The highest BCUT2D eigenvalue weighted by Crippen LogP contribution is 2.43. The third-order valence-corrected chi connectivity index (χ3v) is 5.41. The minimum Gasteiger partial charge on any atom is -0.299 e. The van der Waals surface area contributed by atoms with E-state index in [1.165, 1.54) is 44.1 Å². The van der Waals surface area contributed by atoms with Gasteiger partial charge in [0.05, 0.1) is 6.20 Å². The number of carbonyl (C=O) groups excluding carboxylic acids is 1. The van der Waals surface area contributed by atoms with E-state index in [9.17, 15) is 4.79 Å². The van der Waals surface area contributed by atoms with Gasteiger partial charge >= 0.3 is 0 Å². The van der Waals surface area contributed by atoms with Gasteiger partial charge in [-0.25, -0.2) is 0 Å². The first-order chi connectivity index (χ1) is 9.72. The monoisotopic (exact) mass is 274 g/mol. The van der Waals surface area contributed by atoms with Gasteiger partial charge in [0.25, 0.3) is 0 Å². The largest absolute Gasteiger partial charge is 0.299 e. The summed E-state index contributed by atoms with van der Waals surface area (Å²) in [5, 5.41) is 4.17. The van der Waals surface area contributed by atoms with Crippen molar-refractivity contribution < 1.29 is 4.79 Å². The lowest BCUT2D eigenvalue weighted by atomic mass is 9.66. The van der Waals surface area contributed by atoms with E-state index in [0.29, 0.717) is 18.1 Å². The molecular formula is C17H26N2O. The highest BCUT2D eigenvalue weighted by atomic mass is 16.1. The number of aromatic nitrogens is 2. The van der Waals surface area contributed by atoms with E-state index < -0.39 is 0 Å². The standard InChI is InChI=1S/C17H26N2O/c1-19-12-13(11-18-19)6-9-17(20)16-8-7-14-4-2-3-5-15(14)10-16/h11-12,14-16H,2-10H2,1H3. The average Bonchev–Trinajstić information content (AvgIpc) is 2.90. The Morgan fingerprint density at radius 2 is 2.05 bits per heavy atom. The van der Waals surface area contributed by atoms with Crippen LogP contribution in [-0.4, -0.2) is 15.6 Å². The number of fused-ring (bicyclic) bond motifs is 1. The van der Waals surface area contributed by atoms with Gasteiger partial charge in [-0.15, -0.1) is 0 Å². The van der Waals surface area contributed by atoms with Crippen LogP contribution < -0.4 is 0 Å². The van der Waals surface area contributed by atoms with Crippen LogP contribution in [0, 0.1) is 17.8 Å². The molecule has 2 fully saturated rings. The molecular weight excluding hydrogens is 248 g/mol. The summed E-state index contributed by atoms with van der Waals surface area (Å²) >= 11 is 0. The van der Waals surface area contributed by atoms with Crippen LogP contribution in [0.2, 0.25) is 0 Å². The smallest absolute Gasteiger partial charge is 0.136 e. The van der Waals surface area contributed by atoms with Gasteiger partial charge in [-0.1, -0.05) is 25.7 Å². The van der Waals surface area contributed by atoms with Crippen molar-refractivity contribution in [3.63, 3.8) is 0 Å². The molecule has 3 nitrogen and oxygen atoms in total. The second-order valence-corrected chi connectivity index (χ2v) is 6.80. The first-order valence-corrected chi connectivity index (χ1v) is 8.22. The molecule has 0 N–H and O–H groups in total. The molecule has 0 saturated heterocycles. The number of carbonyl (C=O) groups is 1. The molecule has 0 bridgehead atoms. The predicted molar refractivity (Wildman–Crippen MR) is 79.3 cm³/mol. The lowest BCUT2D eigenvalue weighted by molar-refractivity contribution is -0.125. The van der Waals surface area contributed by atoms with Gasteiger partial charge in [0.2, 0.25) is 0 Å². The molecule has 1 aromatic heterocycles. The fraction of sp³-hybridized carbons (Fsp3) is 0.765. The molecule has 2 aliphatic carbocycles. The molecule has 2 saturated carbocycles. The van der Waals surface area contributed by atoms with Crippen LogP contribution in [0.3, 0.4) is 0 Å². The van der Waals surface area contributed by atoms with Crippen molar-refractivity contribution in [2.24, 2.45) is 24.8 Å². The fourth-order valence-corrected chi connectivity index (χ4v) is 4.24. The SMILES string of the molecule is Cn1cc(CCC(=O)C2CCC3CCCCC3C2)cn1. The second-order valence-electron chi connectivity index (χ2n) is 6.80. The van der Waals surface area contributed by atoms with E-state index >= 15 is 0 Å². The van der Waals surface area contributed by atoms with Gasteiger partial charge in [0.1, 0.15) is 5.78 Å². The first kappa shape index (κ1) is 13.8. The molecule has 0 spiro atoms. The maximum Gasteiger partial charge on any atom is 0.136 e. The van der Waals surface area contributed by atoms with Crippen molar-refractivity contribution in [3.8, 4) is 0 Å². The highest BCUT2D eigenvalue weighted by Gasteiger charge is 2.34. The zero-order valence-corrected chi connectivity index (χ0v) is 12.6. The van der Waals surface area contributed by atoms with Crippen LogP contribution in [0.15, 0.2) is 12.4 Å². The van der Waals surface area contributed by atoms with E-state index in [2.05, 4.69) is 5.10 Å². The van der Waals surface area contributed by atoms with E-state index in [1.807, 2.05) is 24.1 Å². The molecule has 3 unspecified atom stereocenters. The number of hydrogen-bond donors (Lipinski definition) is 0. The summed E-state index contributed by atoms with van der Waals surface area (Å²) in [7, 11) is 1.93. The van der Waals surface area contributed by atoms with Crippen molar-refractivity contribution in [2.75, 3.05) is 0 Å². The van der Waals surface area contributed by atoms with Gasteiger partial charge in [0, 0.05) is 25.6 Å². The summed E-state index contributed by atoms with van der Waals surface area (Å²) in [5.41, 5.74) is 1.19. The minimum atomic E-state index is 0.353. The van der Waals surface area contributed by atoms with Gasteiger partial charge in [-0.3, -0.25) is 9.48 Å². The Kier molecular flexibility index (Phi) is 4.23. The Bertz CT molecular complexity index is 465. The molecule has 0 aromatic carbocycles. The van der Waals surface area contributed by atoms with E-state index in [4.69, 9.17) is 0 Å². The van der Waals surface area contributed by atoms with E-state index in [1.54, 1.807) is 0 Å². The van der Waals surface area contributed by atoms with Crippen molar-refractivity contribution in [2.45, 2.75) is 57.8 Å². The number of aryl methyl sites for hydroxylation is 2. The lowest BCUT2D eigenvalue weighted by Crippen LogP contribution is -2.31. The maximum absolute atomic E-state index is 12.4. The fourth-order valence-electron chi connectivity index (χ4n) is 4.24.